The summed E-state index contributed by atoms with van der Waals surface area (Å²) in [4.78, 5) is 15.0. The van der Waals surface area contributed by atoms with Crippen LogP contribution in [0.4, 0.5) is 51.8 Å². The van der Waals surface area contributed by atoms with Crippen molar-refractivity contribution >= 4 is 35.3 Å². The predicted molar refractivity (Wildman–Crippen MR) is 82.8 cm³/mol. The zero-order chi connectivity index (χ0) is 24.3. The van der Waals surface area contributed by atoms with Crippen LogP contribution in [0.2, 0.25) is 0 Å². The molecule has 0 saturated carbocycles. The van der Waals surface area contributed by atoms with Crippen LogP contribution in [0, 0.1) is 0 Å². The fourth-order valence-corrected chi connectivity index (χ4v) is 1.57. The third-order valence-electron chi connectivity index (χ3n) is 2.14. The van der Waals surface area contributed by atoms with Gasteiger partial charge in [-0.3, -0.25) is 9.59 Å². The Bertz CT molecular complexity index is 403. The van der Waals surface area contributed by atoms with Crippen LogP contribution >= 0.6 is 0 Å². The number of halogens is 12. The Morgan fingerprint density at radius 2 is 1.10 bits per heavy atom. The maximum absolute atomic E-state index is 9.75. The van der Waals surface area contributed by atoms with Gasteiger partial charge in [-0.2, -0.15) is 0 Å². The monoisotopic (exact) mass is 509 g/mol. The van der Waals surface area contributed by atoms with Gasteiger partial charge in [0.25, 0.3) is 13.6 Å². The van der Waals surface area contributed by atoms with Crippen molar-refractivity contribution in [2.45, 2.75) is 25.4 Å². The number of hydrogen-bond acceptors (Lipinski definition) is 3. The van der Waals surface area contributed by atoms with E-state index in [1.165, 1.54) is 18.4 Å². The largest absolute Gasteiger partial charge is 3.00 e. The summed E-state index contributed by atoms with van der Waals surface area (Å²) in [6.45, 7) is 9.96. The summed E-state index contributed by atoms with van der Waals surface area (Å²) in [5.41, 5.74) is 1.47. The molecule has 2 aliphatic rings. The van der Waals surface area contributed by atoms with Crippen LogP contribution in [0.25, 0.3) is 0 Å². The number of ether oxygens (including phenoxy) is 1. The quantitative estimate of drug-likeness (QED) is 0.363. The minimum absolute atomic E-state index is 0. The van der Waals surface area contributed by atoms with Gasteiger partial charge in [-0.15, -0.1) is 0 Å². The van der Waals surface area contributed by atoms with Gasteiger partial charge in [-0.05, 0) is 24.8 Å². The standard InChI is InChI=1S/C9H12O.2CO.3BF4.Fe/c1-2-5-8(4-1)9-6-3-7-10-9;2*1-2;3*2-1(3,4)5;/h1-2,4,9H,3,5-7H2;;;;;;/q;;;3*-1;+3. The van der Waals surface area contributed by atoms with E-state index >= 15 is 0 Å². The summed E-state index contributed by atoms with van der Waals surface area (Å²) >= 11 is 0. The Morgan fingerprint density at radius 1 is 0.767 bits per heavy atom. The molecule has 0 bridgehead atoms. The van der Waals surface area contributed by atoms with Crippen molar-refractivity contribution in [3.8, 4) is 0 Å². The van der Waals surface area contributed by atoms with Gasteiger partial charge in [0.1, 0.15) is 0 Å². The second kappa shape index (κ2) is 20.9. The van der Waals surface area contributed by atoms with Gasteiger partial charge >= 0.3 is 38.8 Å². The Balaban J connectivity index is -0.0000000918. The van der Waals surface area contributed by atoms with E-state index in [0.29, 0.717) is 6.10 Å². The first-order valence-electron chi connectivity index (χ1n) is 6.97. The molecule has 1 aliphatic heterocycles. The fourth-order valence-electron chi connectivity index (χ4n) is 1.57. The van der Waals surface area contributed by atoms with Crippen LogP contribution in [0.1, 0.15) is 19.3 Å². The minimum atomic E-state index is -6.00. The predicted octanol–water partition coefficient (Wildman–Crippen LogP) is 5.16. The number of allylic oxidation sites excluding steroid dienone is 3. The Labute approximate surface area is 175 Å². The molecule has 0 spiro atoms. The molecule has 1 heterocycles. The zero-order valence-corrected chi connectivity index (χ0v) is 15.6. The summed E-state index contributed by atoms with van der Waals surface area (Å²) in [7, 11) is -18.0. The molecule has 19 heteroatoms. The van der Waals surface area contributed by atoms with Crippen molar-refractivity contribution in [2.75, 3.05) is 6.61 Å². The molecule has 1 saturated heterocycles. The third-order valence-corrected chi connectivity index (χ3v) is 2.14. The molecule has 0 aromatic carbocycles. The Hall–Kier alpha value is -1.35. The first-order chi connectivity index (χ1) is 13.0. The average Bonchev–Trinajstić information content (AvgIpc) is 3.19. The van der Waals surface area contributed by atoms with E-state index in [2.05, 4.69) is 31.8 Å². The molecule has 2 rings (SSSR count). The van der Waals surface area contributed by atoms with Crippen molar-refractivity contribution in [1.82, 2.24) is 0 Å². The zero-order valence-electron chi connectivity index (χ0n) is 14.5. The number of hydrogen-bond donors (Lipinski definition) is 0. The SMILES string of the molecule is C1=CCC(C2CCCO2)=C1.F[B-](F)(F)F.F[B-](F)(F)F.F[B-](F)(F)F.[C]=O.[C]=O.[Fe+3]. The fraction of sp³-hybridized carbons (Fsp3) is 0.455. The van der Waals surface area contributed by atoms with Crippen molar-refractivity contribution in [2.24, 2.45) is 0 Å². The molecule has 1 unspecified atom stereocenters. The molecule has 1 atom stereocenters. The van der Waals surface area contributed by atoms with E-state index in [4.69, 9.17) is 14.3 Å². The molecule has 1 fully saturated rings. The van der Waals surface area contributed by atoms with Crippen LogP contribution in [-0.2, 0) is 31.4 Å². The van der Waals surface area contributed by atoms with Crippen molar-refractivity contribution < 1.29 is 83.2 Å². The van der Waals surface area contributed by atoms with Gasteiger partial charge in [0.2, 0.25) is 0 Å². The van der Waals surface area contributed by atoms with Crippen molar-refractivity contribution in [3.63, 3.8) is 0 Å². The van der Waals surface area contributed by atoms with E-state index in [9.17, 15) is 51.8 Å². The summed E-state index contributed by atoms with van der Waals surface area (Å²) in [6.07, 6.45) is 10.5. The minimum Gasteiger partial charge on any atom is -0.418 e. The van der Waals surface area contributed by atoms with Gasteiger partial charge in [-0.25, -0.2) is 0 Å². The molecule has 3 nitrogen and oxygen atoms in total. The van der Waals surface area contributed by atoms with E-state index < -0.39 is 21.8 Å². The van der Waals surface area contributed by atoms with E-state index in [1.807, 2.05) is 0 Å². The van der Waals surface area contributed by atoms with Crippen LogP contribution in [-0.4, -0.2) is 48.1 Å². The molecule has 0 amide bonds. The van der Waals surface area contributed by atoms with Gasteiger partial charge in [0.05, 0.1) is 6.10 Å². The first-order valence-corrected chi connectivity index (χ1v) is 6.97. The smallest absolute Gasteiger partial charge is 0.418 e. The topological polar surface area (TPSA) is 43.4 Å². The second-order valence-electron chi connectivity index (χ2n) is 4.36. The molecule has 0 aromatic heterocycles. The second-order valence-corrected chi connectivity index (χ2v) is 4.36. The normalized spacial score (nSPS) is 16.7. The van der Waals surface area contributed by atoms with Gasteiger partial charge in [0.15, 0.2) is 0 Å². The Kier molecular flexibility index (Phi) is 27.3. The summed E-state index contributed by atoms with van der Waals surface area (Å²) in [5.74, 6) is 0. The molecule has 1 aliphatic carbocycles. The maximum Gasteiger partial charge on any atom is 3.00 e. The van der Waals surface area contributed by atoms with Crippen LogP contribution in [0.3, 0.4) is 0 Å². The van der Waals surface area contributed by atoms with Gasteiger partial charge < -0.3 is 56.5 Å². The molecule has 175 valence electrons. The average molecular weight is 508 g/mol. The van der Waals surface area contributed by atoms with Crippen LogP contribution in [0.5, 0.6) is 0 Å². The van der Waals surface area contributed by atoms with Crippen molar-refractivity contribution in [1.29, 1.82) is 0 Å². The van der Waals surface area contributed by atoms with E-state index in [0.717, 1.165) is 13.0 Å². The summed E-state index contributed by atoms with van der Waals surface area (Å²) in [6, 6.07) is 0. The summed E-state index contributed by atoms with van der Waals surface area (Å²) in [5, 5.41) is 0. The molecular weight excluding hydrogens is 496 g/mol. The number of rotatable bonds is 1. The molecule has 5 radical (unpaired) electrons. The van der Waals surface area contributed by atoms with Gasteiger partial charge in [-0.1, -0.05) is 18.2 Å². The molecular formula is C11H12B3F12FeO3. The Morgan fingerprint density at radius 3 is 1.30 bits per heavy atom. The number of carbonyl (C=O) groups excluding carboxylic acids is 2. The first kappa shape index (κ1) is 39.2. The molecule has 0 N–H and O–H groups in total. The third kappa shape index (κ3) is 63.2. The molecule has 30 heavy (non-hydrogen) atoms. The summed E-state index contributed by atoms with van der Waals surface area (Å²) < 4.78 is 123. The van der Waals surface area contributed by atoms with Crippen molar-refractivity contribution in [3.05, 3.63) is 23.8 Å². The van der Waals surface area contributed by atoms with Gasteiger partial charge in [0, 0.05) is 6.61 Å². The van der Waals surface area contributed by atoms with E-state index in [-0.39, 0.29) is 17.1 Å². The van der Waals surface area contributed by atoms with Crippen LogP contribution < -0.4 is 0 Å². The van der Waals surface area contributed by atoms with Crippen LogP contribution in [0.15, 0.2) is 23.8 Å². The maximum atomic E-state index is 9.75. The van der Waals surface area contributed by atoms with E-state index in [1.54, 1.807) is 0 Å². The molecule has 0 aromatic rings.